The van der Waals surface area contributed by atoms with E-state index in [0.717, 1.165) is 63.3 Å². The van der Waals surface area contributed by atoms with Gasteiger partial charge in [-0.25, -0.2) is 0 Å². The van der Waals surface area contributed by atoms with Gasteiger partial charge in [0.2, 0.25) is 0 Å². The van der Waals surface area contributed by atoms with Gasteiger partial charge in [-0.1, -0.05) is 19.9 Å². The van der Waals surface area contributed by atoms with Gasteiger partial charge in [-0.2, -0.15) is 0 Å². The van der Waals surface area contributed by atoms with Crippen LogP contribution in [-0.4, -0.2) is 84.7 Å². The third-order valence-electron chi connectivity index (χ3n) is 5.34. The van der Waals surface area contributed by atoms with Crippen LogP contribution in [-0.2, 0) is 9.47 Å². The zero-order valence-corrected chi connectivity index (χ0v) is 19.8. The number of rotatable bonds is 12. The molecule has 176 valence electrons. The molecule has 8 nitrogen and oxygen atoms in total. The lowest BCUT2D eigenvalue weighted by Gasteiger charge is -2.35. The van der Waals surface area contributed by atoms with Gasteiger partial charge in [0.05, 0.1) is 40.1 Å². The van der Waals surface area contributed by atoms with E-state index in [9.17, 15) is 0 Å². The summed E-state index contributed by atoms with van der Waals surface area (Å²) >= 11 is 0. The van der Waals surface area contributed by atoms with Gasteiger partial charge in [0.1, 0.15) is 0 Å². The van der Waals surface area contributed by atoms with E-state index in [1.165, 1.54) is 5.56 Å². The molecule has 0 bridgehead atoms. The van der Waals surface area contributed by atoms with E-state index in [1.54, 1.807) is 21.3 Å². The topological polar surface area (TPSA) is 76.6 Å². The van der Waals surface area contributed by atoms with Crippen LogP contribution < -0.4 is 20.1 Å². The van der Waals surface area contributed by atoms with Crippen LogP contribution in [0.15, 0.2) is 23.2 Å². The van der Waals surface area contributed by atoms with Crippen molar-refractivity contribution in [2.24, 2.45) is 10.9 Å². The minimum Gasteiger partial charge on any atom is -0.493 e. The smallest absolute Gasteiger partial charge is 0.191 e. The maximum atomic E-state index is 5.68. The van der Waals surface area contributed by atoms with E-state index >= 15 is 0 Å². The summed E-state index contributed by atoms with van der Waals surface area (Å²) in [5.74, 6) is 2.90. The van der Waals surface area contributed by atoms with Crippen LogP contribution in [0.25, 0.3) is 0 Å². The third kappa shape index (κ3) is 8.55. The first kappa shape index (κ1) is 25.2. The lowest BCUT2D eigenvalue weighted by Crippen LogP contribution is -2.46. The molecule has 1 saturated heterocycles. The maximum Gasteiger partial charge on any atom is 0.191 e. The van der Waals surface area contributed by atoms with E-state index in [4.69, 9.17) is 18.9 Å². The molecule has 2 N–H and O–H groups in total. The fourth-order valence-electron chi connectivity index (χ4n) is 3.48. The highest BCUT2D eigenvalue weighted by atomic mass is 16.5. The number of nitrogens with zero attached hydrogens (tertiary/aromatic N) is 2. The molecular weight excluding hydrogens is 396 g/mol. The molecule has 8 heteroatoms. The highest BCUT2D eigenvalue weighted by Crippen LogP contribution is 2.32. The lowest BCUT2D eigenvalue weighted by atomic mass is 10.0. The van der Waals surface area contributed by atoms with Gasteiger partial charge in [0, 0.05) is 39.8 Å². The number of guanidine groups is 1. The normalized spacial score (nSPS) is 16.3. The summed E-state index contributed by atoms with van der Waals surface area (Å²) in [6.45, 7) is 10.6. The number of hydrogen-bond acceptors (Lipinski definition) is 6. The van der Waals surface area contributed by atoms with Crippen molar-refractivity contribution in [3.8, 4) is 11.5 Å². The highest BCUT2D eigenvalue weighted by Gasteiger charge is 2.24. The van der Waals surface area contributed by atoms with Crippen molar-refractivity contribution in [2.45, 2.75) is 26.3 Å². The van der Waals surface area contributed by atoms with Crippen LogP contribution >= 0.6 is 0 Å². The average Bonchev–Trinajstić information content (AvgIpc) is 2.80. The van der Waals surface area contributed by atoms with Crippen LogP contribution in [0.5, 0.6) is 11.5 Å². The number of benzene rings is 1. The molecule has 1 heterocycles. The first-order valence-electron chi connectivity index (χ1n) is 11.1. The van der Waals surface area contributed by atoms with Crippen molar-refractivity contribution in [3.05, 3.63) is 23.8 Å². The van der Waals surface area contributed by atoms with Crippen molar-refractivity contribution < 1.29 is 18.9 Å². The van der Waals surface area contributed by atoms with Crippen LogP contribution in [0, 0.1) is 5.92 Å². The summed E-state index contributed by atoms with van der Waals surface area (Å²) in [7, 11) is 5.11. The van der Waals surface area contributed by atoms with Gasteiger partial charge >= 0.3 is 0 Å². The number of aliphatic imine (C=N–C) groups is 1. The van der Waals surface area contributed by atoms with E-state index in [0.29, 0.717) is 19.1 Å². The summed E-state index contributed by atoms with van der Waals surface area (Å²) in [4.78, 5) is 6.79. The van der Waals surface area contributed by atoms with E-state index in [2.05, 4.69) is 46.5 Å². The Kier molecular flexibility index (Phi) is 11.5. The minimum absolute atomic E-state index is 0.157. The fraction of sp³-hybridized carbons (Fsp3) is 0.696. The molecule has 2 rings (SSSR count). The molecule has 0 spiro atoms. The van der Waals surface area contributed by atoms with Crippen LogP contribution in [0.3, 0.4) is 0 Å². The Morgan fingerprint density at radius 3 is 2.48 bits per heavy atom. The molecule has 1 aromatic rings. The quantitative estimate of drug-likeness (QED) is 0.296. The molecule has 1 aromatic carbocycles. The van der Waals surface area contributed by atoms with Crippen molar-refractivity contribution in [1.29, 1.82) is 0 Å². The molecule has 31 heavy (non-hydrogen) atoms. The summed E-state index contributed by atoms with van der Waals surface area (Å²) in [5.41, 5.74) is 1.17. The van der Waals surface area contributed by atoms with Gasteiger partial charge in [-0.3, -0.25) is 9.89 Å². The number of hydrogen-bond donors (Lipinski definition) is 2. The molecule has 0 saturated carbocycles. The molecule has 1 atom stereocenters. The van der Waals surface area contributed by atoms with Crippen molar-refractivity contribution in [2.75, 3.05) is 73.9 Å². The third-order valence-corrected chi connectivity index (χ3v) is 5.34. The standard InChI is InChI=1S/C23H40N4O4/c1-18(2)8-12-30-13-9-25-23(24-3)26-17-20(27-10-14-31-15-11-27)19-6-7-21(28-4)22(16-19)29-5/h6-7,16,18,20H,8-15,17H2,1-5H3,(H2,24,25,26). The maximum absolute atomic E-state index is 5.68. The Bertz CT molecular complexity index is 663. The fourth-order valence-corrected chi connectivity index (χ4v) is 3.48. The molecule has 0 amide bonds. The zero-order chi connectivity index (χ0) is 22.5. The molecule has 0 aliphatic carbocycles. The predicted molar refractivity (Wildman–Crippen MR) is 124 cm³/mol. The number of nitrogens with one attached hydrogen (secondary N) is 2. The van der Waals surface area contributed by atoms with Crippen LogP contribution in [0.4, 0.5) is 0 Å². The van der Waals surface area contributed by atoms with Crippen molar-refractivity contribution >= 4 is 5.96 Å². The second-order valence-electron chi connectivity index (χ2n) is 7.95. The van der Waals surface area contributed by atoms with E-state index in [-0.39, 0.29) is 6.04 Å². The molecule has 1 unspecified atom stereocenters. The van der Waals surface area contributed by atoms with Gasteiger partial charge in [-0.05, 0) is 30.0 Å². The molecule has 0 radical (unpaired) electrons. The highest BCUT2D eigenvalue weighted by molar-refractivity contribution is 5.79. The zero-order valence-electron chi connectivity index (χ0n) is 19.8. The Labute approximate surface area is 187 Å². The van der Waals surface area contributed by atoms with Crippen LogP contribution in [0.2, 0.25) is 0 Å². The number of morpholine rings is 1. The molecule has 1 fully saturated rings. The molecule has 1 aliphatic rings. The monoisotopic (exact) mass is 436 g/mol. The van der Waals surface area contributed by atoms with Gasteiger partial charge in [-0.15, -0.1) is 0 Å². The van der Waals surface area contributed by atoms with Gasteiger partial charge in [0.25, 0.3) is 0 Å². The van der Waals surface area contributed by atoms with E-state index < -0.39 is 0 Å². The molecular formula is C23H40N4O4. The van der Waals surface area contributed by atoms with Crippen molar-refractivity contribution in [1.82, 2.24) is 15.5 Å². The number of ether oxygens (including phenoxy) is 4. The van der Waals surface area contributed by atoms with Gasteiger partial charge < -0.3 is 29.6 Å². The Hall–Kier alpha value is -2.03. The Balaban J connectivity index is 1.96. The summed E-state index contributed by atoms with van der Waals surface area (Å²) < 4.78 is 22.2. The first-order chi connectivity index (χ1) is 15.1. The lowest BCUT2D eigenvalue weighted by molar-refractivity contribution is 0.0169. The second kappa shape index (κ2) is 14.1. The average molecular weight is 437 g/mol. The van der Waals surface area contributed by atoms with E-state index in [1.807, 2.05) is 6.07 Å². The largest absolute Gasteiger partial charge is 0.493 e. The summed E-state index contributed by atoms with van der Waals surface area (Å²) in [6.07, 6.45) is 1.08. The molecule has 0 aromatic heterocycles. The SMILES string of the molecule is CN=C(NCCOCCC(C)C)NCC(c1ccc(OC)c(OC)c1)N1CCOCC1. The minimum atomic E-state index is 0.157. The summed E-state index contributed by atoms with van der Waals surface area (Å²) in [6, 6.07) is 6.27. The summed E-state index contributed by atoms with van der Waals surface area (Å²) in [5, 5.41) is 6.80. The molecule has 1 aliphatic heterocycles. The van der Waals surface area contributed by atoms with Crippen molar-refractivity contribution in [3.63, 3.8) is 0 Å². The Morgan fingerprint density at radius 2 is 1.84 bits per heavy atom. The van der Waals surface area contributed by atoms with Crippen LogP contribution in [0.1, 0.15) is 31.9 Å². The Morgan fingerprint density at radius 1 is 1.10 bits per heavy atom. The van der Waals surface area contributed by atoms with Gasteiger partial charge in [0.15, 0.2) is 17.5 Å². The predicted octanol–water partition coefficient (Wildman–Crippen LogP) is 2.30. The first-order valence-corrected chi connectivity index (χ1v) is 11.1. The number of methoxy groups -OCH3 is 2. The second-order valence-corrected chi connectivity index (χ2v) is 7.95.